The Labute approximate surface area is 101 Å². The standard InChI is InChI=1S/C12H18N2O3/c1-14(2)7-6-13-11(12(16)17)9-4-3-5-10(15)8-9/h3-5,8,11,13,15H,6-7H2,1-2H3,(H,16,17). The van der Waals surface area contributed by atoms with Crippen molar-refractivity contribution in [3.05, 3.63) is 29.8 Å². The van der Waals surface area contributed by atoms with Gasteiger partial charge in [0.25, 0.3) is 0 Å². The van der Waals surface area contributed by atoms with E-state index in [0.29, 0.717) is 12.1 Å². The molecule has 3 N–H and O–H groups in total. The summed E-state index contributed by atoms with van der Waals surface area (Å²) in [6.07, 6.45) is 0. The van der Waals surface area contributed by atoms with Crippen molar-refractivity contribution in [2.24, 2.45) is 0 Å². The molecule has 1 rings (SSSR count). The summed E-state index contributed by atoms with van der Waals surface area (Å²) in [5.74, 6) is -0.877. The van der Waals surface area contributed by atoms with Gasteiger partial charge in [0, 0.05) is 13.1 Å². The fourth-order valence-electron chi connectivity index (χ4n) is 1.48. The molecule has 0 saturated carbocycles. The van der Waals surface area contributed by atoms with Crippen LogP contribution >= 0.6 is 0 Å². The predicted octanol–water partition coefficient (Wildman–Crippen LogP) is 0.669. The van der Waals surface area contributed by atoms with E-state index in [9.17, 15) is 9.90 Å². The molecule has 0 fully saturated rings. The van der Waals surface area contributed by atoms with Gasteiger partial charge in [0.15, 0.2) is 0 Å². The number of nitrogens with zero attached hydrogens (tertiary/aromatic N) is 1. The van der Waals surface area contributed by atoms with Crippen LogP contribution in [0.25, 0.3) is 0 Å². The van der Waals surface area contributed by atoms with E-state index in [4.69, 9.17) is 5.11 Å². The van der Waals surface area contributed by atoms with E-state index in [-0.39, 0.29) is 5.75 Å². The van der Waals surface area contributed by atoms with Gasteiger partial charge in [-0.15, -0.1) is 0 Å². The zero-order valence-electron chi connectivity index (χ0n) is 10.1. The van der Waals surface area contributed by atoms with E-state index in [1.807, 2.05) is 19.0 Å². The third-order valence-corrected chi connectivity index (χ3v) is 2.36. The van der Waals surface area contributed by atoms with Crippen LogP contribution in [-0.2, 0) is 4.79 Å². The minimum absolute atomic E-state index is 0.0724. The highest BCUT2D eigenvalue weighted by atomic mass is 16.4. The van der Waals surface area contributed by atoms with Crippen LogP contribution in [0, 0.1) is 0 Å². The first-order valence-electron chi connectivity index (χ1n) is 5.40. The van der Waals surface area contributed by atoms with Crippen molar-refractivity contribution in [2.75, 3.05) is 27.2 Å². The molecule has 0 saturated heterocycles. The van der Waals surface area contributed by atoms with E-state index in [0.717, 1.165) is 6.54 Å². The van der Waals surface area contributed by atoms with Gasteiger partial charge in [-0.05, 0) is 31.8 Å². The predicted molar refractivity (Wildman–Crippen MR) is 65.0 cm³/mol. The second kappa shape index (κ2) is 6.22. The topological polar surface area (TPSA) is 72.8 Å². The van der Waals surface area contributed by atoms with Crippen molar-refractivity contribution < 1.29 is 15.0 Å². The SMILES string of the molecule is CN(C)CCNC(C(=O)O)c1cccc(O)c1. The maximum atomic E-state index is 11.1. The maximum Gasteiger partial charge on any atom is 0.325 e. The number of aromatic hydroxyl groups is 1. The third-order valence-electron chi connectivity index (χ3n) is 2.36. The molecule has 1 aromatic rings. The lowest BCUT2D eigenvalue weighted by atomic mass is 10.1. The minimum atomic E-state index is -0.950. The third kappa shape index (κ3) is 4.42. The van der Waals surface area contributed by atoms with Crippen molar-refractivity contribution in [1.82, 2.24) is 10.2 Å². The number of carboxylic acid groups (broad SMARTS) is 1. The van der Waals surface area contributed by atoms with Gasteiger partial charge in [-0.1, -0.05) is 12.1 Å². The second-order valence-corrected chi connectivity index (χ2v) is 4.12. The van der Waals surface area contributed by atoms with Gasteiger partial charge in [-0.2, -0.15) is 0 Å². The number of hydrogen-bond acceptors (Lipinski definition) is 4. The normalized spacial score (nSPS) is 12.6. The zero-order valence-corrected chi connectivity index (χ0v) is 10.1. The zero-order chi connectivity index (χ0) is 12.8. The van der Waals surface area contributed by atoms with Crippen LogP contribution in [0.1, 0.15) is 11.6 Å². The molecule has 5 nitrogen and oxygen atoms in total. The van der Waals surface area contributed by atoms with E-state index in [2.05, 4.69) is 5.32 Å². The molecule has 0 bridgehead atoms. The average molecular weight is 238 g/mol. The number of likely N-dealkylation sites (N-methyl/N-ethyl adjacent to an activating group) is 1. The number of aliphatic carboxylic acids is 1. The van der Waals surface area contributed by atoms with Gasteiger partial charge in [0.05, 0.1) is 0 Å². The first-order valence-corrected chi connectivity index (χ1v) is 5.40. The monoisotopic (exact) mass is 238 g/mol. The summed E-state index contributed by atoms with van der Waals surface area (Å²) in [7, 11) is 3.84. The smallest absolute Gasteiger partial charge is 0.325 e. The van der Waals surface area contributed by atoms with Crippen molar-refractivity contribution in [3.8, 4) is 5.75 Å². The molecule has 0 radical (unpaired) electrons. The number of carboxylic acids is 1. The lowest BCUT2D eigenvalue weighted by Gasteiger charge is -2.17. The summed E-state index contributed by atoms with van der Waals surface area (Å²) in [5, 5.41) is 21.4. The van der Waals surface area contributed by atoms with Crippen LogP contribution in [0.4, 0.5) is 0 Å². The molecule has 1 atom stereocenters. The Morgan fingerprint density at radius 1 is 1.47 bits per heavy atom. The first-order chi connectivity index (χ1) is 8.00. The van der Waals surface area contributed by atoms with Gasteiger partial charge in [-0.3, -0.25) is 10.1 Å². The molecule has 1 unspecified atom stereocenters. The molecule has 94 valence electrons. The van der Waals surface area contributed by atoms with Crippen molar-refractivity contribution in [2.45, 2.75) is 6.04 Å². The number of benzene rings is 1. The van der Waals surface area contributed by atoms with Gasteiger partial charge in [-0.25, -0.2) is 0 Å². The highest BCUT2D eigenvalue weighted by Crippen LogP contribution is 2.18. The summed E-state index contributed by atoms with van der Waals surface area (Å²) in [6, 6.07) is 5.50. The van der Waals surface area contributed by atoms with Crippen LogP contribution in [-0.4, -0.2) is 48.3 Å². The van der Waals surface area contributed by atoms with Crippen LogP contribution in [0.15, 0.2) is 24.3 Å². The fraction of sp³-hybridized carbons (Fsp3) is 0.417. The molecule has 0 amide bonds. The minimum Gasteiger partial charge on any atom is -0.508 e. The number of rotatable bonds is 6. The van der Waals surface area contributed by atoms with Crippen LogP contribution in [0.2, 0.25) is 0 Å². The molecule has 0 spiro atoms. The van der Waals surface area contributed by atoms with Crippen molar-refractivity contribution in [1.29, 1.82) is 0 Å². The largest absolute Gasteiger partial charge is 0.508 e. The Morgan fingerprint density at radius 3 is 2.71 bits per heavy atom. The van der Waals surface area contributed by atoms with Gasteiger partial charge < -0.3 is 15.1 Å². The van der Waals surface area contributed by atoms with E-state index >= 15 is 0 Å². The van der Waals surface area contributed by atoms with Crippen molar-refractivity contribution >= 4 is 5.97 Å². The molecular weight excluding hydrogens is 220 g/mol. The van der Waals surface area contributed by atoms with E-state index in [1.54, 1.807) is 12.1 Å². The number of nitrogens with one attached hydrogen (secondary N) is 1. The lowest BCUT2D eigenvalue weighted by molar-refractivity contribution is -0.139. The molecular formula is C12H18N2O3. The highest BCUT2D eigenvalue weighted by molar-refractivity contribution is 5.75. The first kappa shape index (κ1) is 13.5. The maximum absolute atomic E-state index is 11.1. The van der Waals surface area contributed by atoms with Crippen LogP contribution in [0.3, 0.4) is 0 Å². The number of phenolic OH excluding ortho intramolecular Hbond substituents is 1. The summed E-state index contributed by atoms with van der Waals surface area (Å²) in [6.45, 7) is 1.32. The number of phenols is 1. The van der Waals surface area contributed by atoms with Crippen molar-refractivity contribution in [3.63, 3.8) is 0 Å². The molecule has 0 aromatic heterocycles. The van der Waals surface area contributed by atoms with E-state index < -0.39 is 12.0 Å². The van der Waals surface area contributed by atoms with E-state index in [1.165, 1.54) is 12.1 Å². The van der Waals surface area contributed by atoms with Gasteiger partial charge in [0.2, 0.25) is 0 Å². The highest BCUT2D eigenvalue weighted by Gasteiger charge is 2.19. The molecule has 5 heteroatoms. The molecule has 1 aromatic carbocycles. The Bertz CT molecular complexity index is 380. The van der Waals surface area contributed by atoms with Crippen LogP contribution < -0.4 is 5.32 Å². The average Bonchev–Trinajstić information content (AvgIpc) is 2.23. The number of carbonyl (C=O) groups is 1. The lowest BCUT2D eigenvalue weighted by Crippen LogP contribution is -2.33. The Kier molecular flexibility index (Phi) is 4.93. The Morgan fingerprint density at radius 2 is 2.18 bits per heavy atom. The molecule has 0 aliphatic rings. The quantitative estimate of drug-likeness (QED) is 0.679. The molecule has 0 aliphatic carbocycles. The molecule has 0 heterocycles. The summed E-state index contributed by atoms with van der Waals surface area (Å²) in [5.41, 5.74) is 0.552. The van der Waals surface area contributed by atoms with Gasteiger partial charge >= 0.3 is 5.97 Å². The summed E-state index contributed by atoms with van der Waals surface area (Å²) >= 11 is 0. The summed E-state index contributed by atoms with van der Waals surface area (Å²) in [4.78, 5) is 13.1. The van der Waals surface area contributed by atoms with Gasteiger partial charge in [0.1, 0.15) is 11.8 Å². The Balaban J connectivity index is 2.69. The molecule has 0 aliphatic heterocycles. The Hall–Kier alpha value is -1.59. The number of hydrogen-bond donors (Lipinski definition) is 3. The summed E-state index contributed by atoms with van der Waals surface area (Å²) < 4.78 is 0. The molecule has 17 heavy (non-hydrogen) atoms. The second-order valence-electron chi connectivity index (χ2n) is 4.12. The van der Waals surface area contributed by atoms with Crippen LogP contribution in [0.5, 0.6) is 5.75 Å². The fourth-order valence-corrected chi connectivity index (χ4v) is 1.48.